The molecule has 2 aromatic rings. The fourth-order valence-electron chi connectivity index (χ4n) is 2.23. The molecule has 0 aliphatic carbocycles. The van der Waals surface area contributed by atoms with Crippen molar-refractivity contribution in [2.75, 3.05) is 10.6 Å². The van der Waals surface area contributed by atoms with Crippen LogP contribution in [0.25, 0.3) is 0 Å². The summed E-state index contributed by atoms with van der Waals surface area (Å²) in [5.74, 6) is -0.842. The van der Waals surface area contributed by atoms with Crippen molar-refractivity contribution in [2.45, 2.75) is 20.3 Å². The van der Waals surface area contributed by atoms with Crippen LogP contribution in [0.15, 0.2) is 54.2 Å². The number of rotatable bonds is 5. The predicted molar refractivity (Wildman–Crippen MR) is 92.9 cm³/mol. The third-order valence-corrected chi connectivity index (χ3v) is 3.57. The van der Waals surface area contributed by atoms with Crippen molar-refractivity contribution in [3.63, 3.8) is 0 Å². The Hall–Kier alpha value is -3.13. The first kappa shape index (κ1) is 17.2. The third-order valence-electron chi connectivity index (χ3n) is 3.57. The van der Waals surface area contributed by atoms with Gasteiger partial charge in [0.25, 0.3) is 5.91 Å². The van der Waals surface area contributed by atoms with E-state index in [1.54, 1.807) is 0 Å². The number of amides is 1. The maximum Gasteiger partial charge on any atom is 0.267 e. The van der Waals surface area contributed by atoms with Gasteiger partial charge in [-0.25, -0.2) is 4.39 Å². The van der Waals surface area contributed by atoms with Gasteiger partial charge in [-0.2, -0.15) is 5.26 Å². The first-order valence-electron chi connectivity index (χ1n) is 7.57. The zero-order valence-electron chi connectivity index (χ0n) is 13.6. The van der Waals surface area contributed by atoms with Gasteiger partial charge in [-0.3, -0.25) is 4.79 Å². The highest BCUT2D eigenvalue weighted by atomic mass is 19.1. The number of anilines is 2. The van der Waals surface area contributed by atoms with E-state index in [9.17, 15) is 14.4 Å². The molecule has 0 bridgehead atoms. The zero-order chi connectivity index (χ0) is 17.5. The van der Waals surface area contributed by atoms with Crippen molar-refractivity contribution in [1.29, 1.82) is 5.26 Å². The lowest BCUT2D eigenvalue weighted by Crippen LogP contribution is -2.16. The number of hydrogen-bond acceptors (Lipinski definition) is 3. The van der Waals surface area contributed by atoms with Crippen molar-refractivity contribution in [3.8, 4) is 6.07 Å². The first-order valence-corrected chi connectivity index (χ1v) is 7.57. The Balaban J connectivity index is 2.16. The number of halogens is 1. The van der Waals surface area contributed by atoms with Crippen molar-refractivity contribution in [3.05, 3.63) is 71.2 Å². The van der Waals surface area contributed by atoms with E-state index in [-0.39, 0.29) is 11.4 Å². The SMILES string of the molecule is CCc1cccc(C)c1NC(=O)/C(C#N)=C\Nc1ccc(F)cc1. The normalized spacial score (nSPS) is 10.8. The molecule has 0 aliphatic rings. The molecule has 2 rings (SSSR count). The first-order chi connectivity index (χ1) is 11.5. The number of nitriles is 1. The summed E-state index contributed by atoms with van der Waals surface area (Å²) in [7, 11) is 0. The van der Waals surface area contributed by atoms with Crippen LogP contribution in [0.5, 0.6) is 0 Å². The Kier molecular flexibility index (Phi) is 5.69. The number of benzene rings is 2. The highest BCUT2D eigenvalue weighted by Gasteiger charge is 2.12. The molecule has 0 saturated carbocycles. The Morgan fingerprint density at radius 2 is 1.96 bits per heavy atom. The van der Waals surface area contributed by atoms with Crippen LogP contribution in [0.2, 0.25) is 0 Å². The number of nitrogens with one attached hydrogen (secondary N) is 2. The highest BCUT2D eigenvalue weighted by molar-refractivity contribution is 6.07. The van der Waals surface area contributed by atoms with E-state index in [4.69, 9.17) is 0 Å². The summed E-state index contributed by atoms with van der Waals surface area (Å²) in [4.78, 5) is 12.3. The van der Waals surface area contributed by atoms with Crippen LogP contribution < -0.4 is 10.6 Å². The second-order valence-electron chi connectivity index (χ2n) is 5.24. The lowest BCUT2D eigenvalue weighted by Gasteiger charge is -2.12. The summed E-state index contributed by atoms with van der Waals surface area (Å²) >= 11 is 0. The Bertz CT molecular complexity index is 804. The molecule has 0 unspecified atom stereocenters. The molecular weight excluding hydrogens is 305 g/mol. The van der Waals surface area contributed by atoms with Gasteiger partial charge in [0.15, 0.2) is 0 Å². The van der Waals surface area contributed by atoms with Gasteiger partial charge < -0.3 is 10.6 Å². The Labute approximate surface area is 140 Å². The Morgan fingerprint density at radius 1 is 1.25 bits per heavy atom. The van der Waals surface area contributed by atoms with Gasteiger partial charge >= 0.3 is 0 Å². The average molecular weight is 323 g/mol. The molecule has 0 aliphatic heterocycles. The summed E-state index contributed by atoms with van der Waals surface area (Å²) in [6.07, 6.45) is 2.09. The summed E-state index contributed by atoms with van der Waals surface area (Å²) in [6.45, 7) is 3.91. The molecule has 0 atom stereocenters. The van der Waals surface area contributed by atoms with Gasteiger partial charge in [0.2, 0.25) is 0 Å². The summed E-state index contributed by atoms with van der Waals surface area (Å²) < 4.78 is 12.9. The zero-order valence-corrected chi connectivity index (χ0v) is 13.6. The lowest BCUT2D eigenvalue weighted by molar-refractivity contribution is -0.112. The number of hydrogen-bond donors (Lipinski definition) is 2. The molecule has 0 heterocycles. The van der Waals surface area contributed by atoms with Crippen LogP contribution in [-0.2, 0) is 11.2 Å². The average Bonchev–Trinajstić information content (AvgIpc) is 2.58. The summed E-state index contributed by atoms with van der Waals surface area (Å²) in [6, 6.07) is 13.3. The standard InChI is InChI=1S/C19H18FN3O/c1-3-14-6-4-5-13(2)18(14)23-19(24)15(11-21)12-22-17-9-7-16(20)8-10-17/h4-10,12,22H,3H2,1-2H3,(H,23,24)/b15-12-. The maximum absolute atomic E-state index is 12.9. The van der Waals surface area contributed by atoms with Gasteiger partial charge in [-0.15, -0.1) is 0 Å². The monoisotopic (exact) mass is 323 g/mol. The van der Waals surface area contributed by atoms with Crippen LogP contribution in [0.3, 0.4) is 0 Å². The molecule has 0 radical (unpaired) electrons. The number of nitrogens with zero attached hydrogens (tertiary/aromatic N) is 1. The number of carbonyl (C=O) groups excluding carboxylic acids is 1. The van der Waals surface area contributed by atoms with Crippen LogP contribution in [0.1, 0.15) is 18.1 Å². The summed E-state index contributed by atoms with van der Waals surface area (Å²) in [5, 5.41) is 14.8. The van der Waals surface area contributed by atoms with Crippen molar-refractivity contribution >= 4 is 17.3 Å². The quantitative estimate of drug-likeness (QED) is 0.641. The molecule has 0 fully saturated rings. The minimum absolute atomic E-state index is 0.0652. The van der Waals surface area contributed by atoms with E-state index >= 15 is 0 Å². The topological polar surface area (TPSA) is 64.9 Å². The van der Waals surface area contributed by atoms with Crippen LogP contribution >= 0.6 is 0 Å². The van der Waals surface area contributed by atoms with Gasteiger partial charge in [-0.05, 0) is 48.7 Å². The molecule has 1 amide bonds. The molecule has 2 N–H and O–H groups in total. The van der Waals surface area contributed by atoms with E-state index in [1.807, 2.05) is 38.1 Å². The molecule has 24 heavy (non-hydrogen) atoms. The van der Waals surface area contributed by atoms with Crippen molar-refractivity contribution in [1.82, 2.24) is 0 Å². The van der Waals surface area contributed by atoms with Crippen molar-refractivity contribution < 1.29 is 9.18 Å². The van der Waals surface area contributed by atoms with E-state index in [2.05, 4.69) is 10.6 Å². The number of carbonyl (C=O) groups is 1. The van der Waals surface area contributed by atoms with Crippen LogP contribution in [0.4, 0.5) is 15.8 Å². The number of aryl methyl sites for hydroxylation is 2. The molecule has 0 spiro atoms. The molecule has 2 aromatic carbocycles. The van der Waals surface area contributed by atoms with E-state index < -0.39 is 5.91 Å². The maximum atomic E-state index is 12.9. The molecule has 4 nitrogen and oxygen atoms in total. The second kappa shape index (κ2) is 7.93. The van der Waals surface area contributed by atoms with Gasteiger partial charge in [0, 0.05) is 17.6 Å². The third kappa shape index (κ3) is 4.20. The van der Waals surface area contributed by atoms with E-state index in [0.717, 1.165) is 23.2 Å². The highest BCUT2D eigenvalue weighted by Crippen LogP contribution is 2.21. The molecular formula is C19H18FN3O. The number of para-hydroxylation sites is 1. The minimum atomic E-state index is -0.490. The molecule has 122 valence electrons. The van der Waals surface area contributed by atoms with Gasteiger partial charge in [-0.1, -0.05) is 25.1 Å². The molecule has 5 heteroatoms. The molecule has 0 saturated heterocycles. The fraction of sp³-hybridized carbons (Fsp3) is 0.158. The minimum Gasteiger partial charge on any atom is -0.360 e. The van der Waals surface area contributed by atoms with Crippen LogP contribution in [-0.4, -0.2) is 5.91 Å². The molecule has 0 aromatic heterocycles. The van der Waals surface area contributed by atoms with Gasteiger partial charge in [0.1, 0.15) is 17.5 Å². The van der Waals surface area contributed by atoms with E-state index in [1.165, 1.54) is 30.5 Å². The predicted octanol–water partition coefficient (Wildman–Crippen LogP) is 4.15. The largest absolute Gasteiger partial charge is 0.360 e. The van der Waals surface area contributed by atoms with E-state index in [0.29, 0.717) is 5.69 Å². The van der Waals surface area contributed by atoms with Crippen LogP contribution in [0, 0.1) is 24.1 Å². The fourth-order valence-corrected chi connectivity index (χ4v) is 2.23. The Morgan fingerprint density at radius 3 is 2.58 bits per heavy atom. The lowest BCUT2D eigenvalue weighted by atomic mass is 10.1. The van der Waals surface area contributed by atoms with Gasteiger partial charge in [0.05, 0.1) is 0 Å². The van der Waals surface area contributed by atoms with Crippen molar-refractivity contribution in [2.24, 2.45) is 0 Å². The second-order valence-corrected chi connectivity index (χ2v) is 5.24. The summed E-state index contributed by atoms with van der Waals surface area (Å²) in [5.41, 5.74) is 3.19. The smallest absolute Gasteiger partial charge is 0.267 e.